The zero-order valence-electron chi connectivity index (χ0n) is 13.0. The number of unbranched alkanes of at least 4 members (excludes halogenated alkanes) is 1. The summed E-state index contributed by atoms with van der Waals surface area (Å²) in [7, 11) is 0. The molecule has 20 heavy (non-hydrogen) atoms. The summed E-state index contributed by atoms with van der Waals surface area (Å²) in [4.78, 5) is 13.4. The van der Waals surface area contributed by atoms with Gasteiger partial charge in [-0.25, -0.2) is 0 Å². The molecule has 0 aromatic rings. The lowest BCUT2D eigenvalue weighted by atomic mass is 9.76. The fourth-order valence-electron chi connectivity index (χ4n) is 2.97. The Balaban J connectivity index is 2.49. The van der Waals surface area contributed by atoms with Crippen LogP contribution in [0.4, 0.5) is 0 Å². The van der Waals surface area contributed by atoms with Gasteiger partial charge in [-0.05, 0) is 31.2 Å². The number of β-amino-alcohol motifs (C(OH)–C–C–N with tert-alkyl or cyclic N) is 1. The Bertz CT molecular complexity index is 306. The van der Waals surface area contributed by atoms with Crippen LogP contribution in [-0.4, -0.2) is 59.5 Å². The van der Waals surface area contributed by atoms with E-state index < -0.39 is 18.1 Å². The first-order chi connectivity index (χ1) is 9.38. The lowest BCUT2D eigenvalue weighted by molar-refractivity contribution is -0.152. The second kappa shape index (κ2) is 7.96. The van der Waals surface area contributed by atoms with Crippen LogP contribution < -0.4 is 0 Å². The van der Waals surface area contributed by atoms with E-state index in [0.29, 0.717) is 13.2 Å². The van der Waals surface area contributed by atoms with Crippen LogP contribution in [0.25, 0.3) is 0 Å². The molecule has 0 aromatic heterocycles. The zero-order valence-corrected chi connectivity index (χ0v) is 13.0. The quantitative estimate of drug-likeness (QED) is 0.665. The van der Waals surface area contributed by atoms with Crippen molar-refractivity contribution in [3.05, 3.63) is 0 Å². The molecule has 1 rings (SSSR count). The van der Waals surface area contributed by atoms with Gasteiger partial charge in [-0.2, -0.15) is 0 Å². The molecule has 2 N–H and O–H groups in total. The van der Waals surface area contributed by atoms with Gasteiger partial charge in [-0.1, -0.05) is 27.2 Å². The smallest absolute Gasteiger partial charge is 0.321 e. The topological polar surface area (TPSA) is 70.0 Å². The van der Waals surface area contributed by atoms with E-state index in [-0.39, 0.29) is 12.0 Å². The minimum Gasteiger partial charge on any atom is -0.480 e. The highest BCUT2D eigenvalue weighted by atomic mass is 16.5. The van der Waals surface area contributed by atoms with Crippen molar-refractivity contribution in [2.75, 3.05) is 26.3 Å². The van der Waals surface area contributed by atoms with Crippen LogP contribution in [0.3, 0.4) is 0 Å². The van der Waals surface area contributed by atoms with Gasteiger partial charge in [-0.3, -0.25) is 9.69 Å². The summed E-state index contributed by atoms with van der Waals surface area (Å²) in [5, 5.41) is 19.5. The number of piperidine rings is 1. The van der Waals surface area contributed by atoms with Gasteiger partial charge in [0.2, 0.25) is 0 Å². The lowest BCUT2D eigenvalue weighted by Gasteiger charge is -2.44. The zero-order chi connectivity index (χ0) is 15.2. The number of carboxylic acid groups (broad SMARTS) is 1. The second-order valence-electron chi connectivity index (χ2n) is 6.41. The monoisotopic (exact) mass is 287 g/mol. The molecular formula is C15H29NO4. The first kappa shape index (κ1) is 17.4. The summed E-state index contributed by atoms with van der Waals surface area (Å²) < 4.78 is 5.40. The highest BCUT2D eigenvalue weighted by molar-refractivity contribution is 5.74. The van der Waals surface area contributed by atoms with Gasteiger partial charge in [-0.15, -0.1) is 0 Å². The normalized spacial score (nSPS) is 24.5. The van der Waals surface area contributed by atoms with E-state index in [9.17, 15) is 15.0 Å². The number of rotatable bonds is 8. The molecule has 0 spiro atoms. The highest BCUT2D eigenvalue weighted by Gasteiger charge is 2.42. The molecule has 2 unspecified atom stereocenters. The Morgan fingerprint density at radius 2 is 2.20 bits per heavy atom. The average Bonchev–Trinajstić information content (AvgIpc) is 2.33. The number of carboxylic acids is 1. The van der Waals surface area contributed by atoms with Gasteiger partial charge < -0.3 is 14.9 Å². The molecule has 0 amide bonds. The SMILES string of the molecule is CCCCOCC(O)CN1CCCC(C)(C)C1C(=O)O. The average molecular weight is 287 g/mol. The first-order valence-corrected chi connectivity index (χ1v) is 7.61. The molecule has 5 nitrogen and oxygen atoms in total. The van der Waals surface area contributed by atoms with Crippen LogP contribution in [-0.2, 0) is 9.53 Å². The molecular weight excluding hydrogens is 258 g/mol. The molecule has 0 aliphatic carbocycles. The number of nitrogens with zero attached hydrogens (tertiary/aromatic N) is 1. The Hall–Kier alpha value is -0.650. The standard InChI is InChI=1S/C15H29NO4/c1-4-5-9-20-11-12(17)10-16-8-6-7-15(2,3)13(16)14(18)19/h12-13,17H,4-11H2,1-3H3,(H,18,19). The van der Waals surface area contributed by atoms with Crippen molar-refractivity contribution in [1.29, 1.82) is 0 Å². The number of likely N-dealkylation sites (tertiary alicyclic amines) is 1. The number of ether oxygens (including phenoxy) is 1. The molecule has 118 valence electrons. The summed E-state index contributed by atoms with van der Waals surface area (Å²) in [6.07, 6.45) is 3.31. The molecule has 0 saturated carbocycles. The second-order valence-corrected chi connectivity index (χ2v) is 6.41. The van der Waals surface area contributed by atoms with Gasteiger partial charge in [0.25, 0.3) is 0 Å². The Kier molecular flexibility index (Phi) is 6.92. The predicted molar refractivity (Wildman–Crippen MR) is 77.7 cm³/mol. The van der Waals surface area contributed by atoms with Crippen LogP contribution in [0.1, 0.15) is 46.5 Å². The summed E-state index contributed by atoms with van der Waals surface area (Å²) in [6, 6.07) is -0.526. The van der Waals surface area contributed by atoms with Gasteiger partial charge in [0.05, 0.1) is 12.7 Å². The summed E-state index contributed by atoms with van der Waals surface area (Å²) in [5.41, 5.74) is -0.257. The fraction of sp³-hybridized carbons (Fsp3) is 0.933. The third-order valence-electron chi connectivity index (χ3n) is 4.00. The highest BCUT2D eigenvalue weighted by Crippen LogP contribution is 2.35. The van der Waals surface area contributed by atoms with E-state index in [2.05, 4.69) is 6.92 Å². The van der Waals surface area contributed by atoms with Gasteiger partial charge in [0.1, 0.15) is 6.04 Å². The van der Waals surface area contributed by atoms with Crippen molar-refractivity contribution in [1.82, 2.24) is 4.90 Å². The van der Waals surface area contributed by atoms with Crippen molar-refractivity contribution >= 4 is 5.97 Å². The van der Waals surface area contributed by atoms with Crippen molar-refractivity contribution in [3.63, 3.8) is 0 Å². The summed E-state index contributed by atoms with van der Waals surface area (Å²) in [5.74, 6) is -0.797. The van der Waals surface area contributed by atoms with Crippen molar-refractivity contribution in [2.45, 2.75) is 58.6 Å². The number of hydrogen-bond donors (Lipinski definition) is 2. The molecule has 0 aromatic carbocycles. The van der Waals surface area contributed by atoms with Crippen molar-refractivity contribution < 1.29 is 19.7 Å². The first-order valence-electron chi connectivity index (χ1n) is 7.61. The molecule has 2 atom stereocenters. The van der Waals surface area contributed by atoms with Gasteiger partial charge in [0.15, 0.2) is 0 Å². The molecule has 0 radical (unpaired) electrons. The lowest BCUT2D eigenvalue weighted by Crippen LogP contribution is -2.56. The molecule has 1 aliphatic rings. The van der Waals surface area contributed by atoms with E-state index >= 15 is 0 Å². The maximum absolute atomic E-state index is 11.5. The third kappa shape index (κ3) is 5.04. The molecule has 1 saturated heterocycles. The van der Waals surface area contributed by atoms with Crippen molar-refractivity contribution in [2.24, 2.45) is 5.41 Å². The minimum atomic E-state index is -0.797. The van der Waals surface area contributed by atoms with E-state index in [1.165, 1.54) is 0 Å². The van der Waals surface area contributed by atoms with Crippen LogP contribution in [0.2, 0.25) is 0 Å². The minimum absolute atomic E-state index is 0.257. The van der Waals surface area contributed by atoms with Gasteiger partial charge in [0, 0.05) is 13.2 Å². The van der Waals surface area contributed by atoms with Crippen LogP contribution >= 0.6 is 0 Å². The fourth-order valence-corrected chi connectivity index (χ4v) is 2.97. The van der Waals surface area contributed by atoms with Crippen molar-refractivity contribution in [3.8, 4) is 0 Å². The summed E-state index contributed by atoms with van der Waals surface area (Å²) >= 11 is 0. The van der Waals surface area contributed by atoms with Crippen LogP contribution in [0, 0.1) is 5.41 Å². The molecule has 1 heterocycles. The Labute approximate surface area is 121 Å². The number of aliphatic carboxylic acids is 1. The molecule has 1 aliphatic heterocycles. The molecule has 1 fully saturated rings. The molecule has 0 bridgehead atoms. The number of aliphatic hydroxyl groups is 1. The van der Waals surface area contributed by atoms with E-state index in [4.69, 9.17) is 4.74 Å². The van der Waals surface area contributed by atoms with E-state index in [1.807, 2.05) is 18.7 Å². The Morgan fingerprint density at radius 3 is 2.80 bits per heavy atom. The largest absolute Gasteiger partial charge is 0.480 e. The van der Waals surface area contributed by atoms with E-state index in [1.54, 1.807) is 0 Å². The van der Waals surface area contributed by atoms with Gasteiger partial charge >= 0.3 is 5.97 Å². The number of aliphatic hydroxyl groups excluding tert-OH is 1. The Morgan fingerprint density at radius 1 is 1.50 bits per heavy atom. The summed E-state index contributed by atoms with van der Waals surface area (Å²) in [6.45, 7) is 8.10. The van der Waals surface area contributed by atoms with E-state index in [0.717, 1.165) is 32.2 Å². The number of hydrogen-bond acceptors (Lipinski definition) is 4. The third-order valence-corrected chi connectivity index (χ3v) is 4.00. The maximum atomic E-state index is 11.5. The number of carbonyl (C=O) groups is 1. The molecule has 5 heteroatoms. The maximum Gasteiger partial charge on any atom is 0.321 e. The van der Waals surface area contributed by atoms with Crippen LogP contribution in [0.5, 0.6) is 0 Å². The predicted octanol–water partition coefficient (Wildman–Crippen LogP) is 1.74. The van der Waals surface area contributed by atoms with Crippen LogP contribution in [0.15, 0.2) is 0 Å².